The van der Waals surface area contributed by atoms with Gasteiger partial charge in [0.05, 0.1) is 16.8 Å². The predicted octanol–water partition coefficient (Wildman–Crippen LogP) is 5.05. The normalized spacial score (nSPS) is 25.1. The van der Waals surface area contributed by atoms with Gasteiger partial charge in [0.2, 0.25) is 5.91 Å². The van der Waals surface area contributed by atoms with Crippen LogP contribution in [0.2, 0.25) is 0 Å². The molecule has 2 aliphatic heterocycles. The number of carbonyl (C=O) groups excluding carboxylic acids is 2. The highest BCUT2D eigenvalue weighted by molar-refractivity contribution is 5.95. The molecule has 0 radical (unpaired) electrons. The number of nitrogens with zero attached hydrogens (tertiary/aromatic N) is 3. The van der Waals surface area contributed by atoms with Crippen molar-refractivity contribution in [3.05, 3.63) is 53.6 Å². The molecule has 0 spiro atoms. The van der Waals surface area contributed by atoms with Gasteiger partial charge >= 0.3 is 0 Å². The monoisotopic (exact) mass is 543 g/mol. The first kappa shape index (κ1) is 27.3. The molecule has 2 aliphatic carbocycles. The summed E-state index contributed by atoms with van der Waals surface area (Å²) in [6.07, 6.45) is 12.2. The number of nitrogens with one attached hydrogen (secondary N) is 1. The third kappa shape index (κ3) is 5.14. The molecule has 2 saturated carbocycles. The maximum absolute atomic E-state index is 13.2. The molecule has 4 aliphatic rings. The summed E-state index contributed by atoms with van der Waals surface area (Å²) >= 11 is 0. The van der Waals surface area contributed by atoms with Gasteiger partial charge in [-0.1, -0.05) is 56.7 Å². The Bertz CT molecular complexity index is 1240. The van der Waals surface area contributed by atoms with E-state index in [1.807, 2.05) is 21.9 Å². The fourth-order valence-corrected chi connectivity index (χ4v) is 7.18. The molecule has 214 valence electrons. The highest BCUT2D eigenvalue weighted by atomic mass is 16.2. The second-order valence-electron chi connectivity index (χ2n) is 12.8. The lowest BCUT2D eigenvalue weighted by Gasteiger charge is -2.36. The van der Waals surface area contributed by atoms with E-state index < -0.39 is 5.54 Å². The Morgan fingerprint density at radius 3 is 2.02 bits per heavy atom. The molecule has 0 aromatic heterocycles. The van der Waals surface area contributed by atoms with E-state index in [2.05, 4.69) is 54.7 Å². The van der Waals surface area contributed by atoms with E-state index in [1.54, 1.807) is 0 Å². The van der Waals surface area contributed by atoms with Crippen LogP contribution in [0.4, 0.5) is 5.69 Å². The zero-order valence-electron chi connectivity index (χ0n) is 24.3. The lowest BCUT2D eigenvalue weighted by Crippen LogP contribution is -2.55. The van der Waals surface area contributed by atoms with E-state index in [1.165, 1.54) is 68.2 Å². The van der Waals surface area contributed by atoms with Gasteiger partial charge in [-0.25, -0.2) is 5.43 Å². The molecule has 2 aromatic carbocycles. The molecule has 1 saturated heterocycles. The van der Waals surface area contributed by atoms with E-state index in [0.29, 0.717) is 37.7 Å². The quantitative estimate of drug-likeness (QED) is 0.564. The number of anilines is 1. The minimum atomic E-state index is -0.642. The summed E-state index contributed by atoms with van der Waals surface area (Å²) in [5.41, 5.74) is 14.9. The number of rotatable bonds is 4. The Labute approximate surface area is 239 Å². The number of amides is 2. The Morgan fingerprint density at radius 1 is 0.825 bits per heavy atom. The summed E-state index contributed by atoms with van der Waals surface area (Å²) < 4.78 is 0. The minimum Gasteiger partial charge on any atom is -0.338 e. The molecule has 3 fully saturated rings. The first-order valence-corrected chi connectivity index (χ1v) is 15.4. The SMILES string of the molecule is CN1NC(C)(C2CCCCCCCC2)c2cc(-c3ccc(C(=O)N4CCN(C(=O)C5(N)CC5)CC4)cc3)ccc21. The maximum atomic E-state index is 13.2. The molecule has 40 heavy (non-hydrogen) atoms. The molecular formula is C33H45N5O2. The zero-order valence-corrected chi connectivity index (χ0v) is 24.3. The number of fused-ring (bicyclic) bond motifs is 1. The fourth-order valence-electron chi connectivity index (χ4n) is 7.18. The van der Waals surface area contributed by atoms with Gasteiger partial charge in [0.15, 0.2) is 0 Å². The van der Waals surface area contributed by atoms with Crippen molar-refractivity contribution in [3.8, 4) is 11.1 Å². The van der Waals surface area contributed by atoms with E-state index in [4.69, 9.17) is 5.73 Å². The Kier molecular flexibility index (Phi) is 7.38. The first-order chi connectivity index (χ1) is 19.3. The van der Waals surface area contributed by atoms with Crippen LogP contribution in [0.1, 0.15) is 87.1 Å². The topological polar surface area (TPSA) is 81.9 Å². The van der Waals surface area contributed by atoms with Crippen LogP contribution in [0.5, 0.6) is 0 Å². The maximum Gasteiger partial charge on any atom is 0.253 e. The molecule has 2 aromatic rings. The third-order valence-corrected chi connectivity index (χ3v) is 10.0. The number of hydrogen-bond acceptors (Lipinski definition) is 5. The number of hydrazine groups is 1. The average molecular weight is 544 g/mol. The van der Waals surface area contributed by atoms with Crippen molar-refractivity contribution in [3.63, 3.8) is 0 Å². The Balaban J connectivity index is 1.16. The van der Waals surface area contributed by atoms with Crippen molar-refractivity contribution < 1.29 is 9.59 Å². The van der Waals surface area contributed by atoms with Crippen LogP contribution in [0, 0.1) is 5.92 Å². The summed E-state index contributed by atoms with van der Waals surface area (Å²) in [5.74, 6) is 0.681. The minimum absolute atomic E-state index is 0.0279. The van der Waals surface area contributed by atoms with Gasteiger partial charge in [0.1, 0.15) is 0 Å². The molecule has 6 rings (SSSR count). The van der Waals surface area contributed by atoms with Crippen LogP contribution in [-0.2, 0) is 10.3 Å². The van der Waals surface area contributed by atoms with E-state index in [-0.39, 0.29) is 17.4 Å². The van der Waals surface area contributed by atoms with Crippen molar-refractivity contribution in [1.82, 2.24) is 15.2 Å². The molecule has 2 heterocycles. The number of hydrogen-bond donors (Lipinski definition) is 2. The predicted molar refractivity (Wildman–Crippen MR) is 160 cm³/mol. The summed E-state index contributed by atoms with van der Waals surface area (Å²) in [7, 11) is 2.13. The van der Waals surface area contributed by atoms with Crippen molar-refractivity contribution in [2.45, 2.75) is 82.2 Å². The number of nitrogens with two attached hydrogens (primary N) is 1. The lowest BCUT2D eigenvalue weighted by atomic mass is 9.75. The molecule has 1 atom stereocenters. The van der Waals surface area contributed by atoms with Crippen LogP contribution in [0.3, 0.4) is 0 Å². The number of carbonyl (C=O) groups is 2. The second kappa shape index (κ2) is 10.8. The molecule has 2 amide bonds. The van der Waals surface area contributed by atoms with Crippen molar-refractivity contribution in [2.24, 2.45) is 11.7 Å². The summed E-state index contributed by atoms with van der Waals surface area (Å²) in [5, 5.41) is 2.21. The van der Waals surface area contributed by atoms with Crippen LogP contribution in [0.25, 0.3) is 11.1 Å². The summed E-state index contributed by atoms with van der Waals surface area (Å²) in [6.45, 7) is 4.60. The van der Waals surface area contributed by atoms with Crippen LogP contribution in [0.15, 0.2) is 42.5 Å². The molecule has 7 heteroatoms. The average Bonchev–Trinajstić information content (AvgIpc) is 3.64. The van der Waals surface area contributed by atoms with Gasteiger partial charge in [-0.15, -0.1) is 0 Å². The van der Waals surface area contributed by atoms with E-state index in [0.717, 1.165) is 18.4 Å². The van der Waals surface area contributed by atoms with Crippen LogP contribution < -0.4 is 16.2 Å². The third-order valence-electron chi connectivity index (χ3n) is 10.0. The van der Waals surface area contributed by atoms with Crippen LogP contribution in [-0.4, -0.2) is 60.4 Å². The van der Waals surface area contributed by atoms with Gasteiger partial charge in [0.25, 0.3) is 5.91 Å². The van der Waals surface area contributed by atoms with Gasteiger partial charge in [-0.05, 0) is 79.5 Å². The second-order valence-corrected chi connectivity index (χ2v) is 12.8. The van der Waals surface area contributed by atoms with Gasteiger partial charge in [-0.3, -0.25) is 9.59 Å². The summed E-state index contributed by atoms with van der Waals surface area (Å²) in [6, 6.07) is 14.9. The molecular weight excluding hydrogens is 498 g/mol. The Hall–Kier alpha value is -2.90. The zero-order chi connectivity index (χ0) is 27.9. The number of benzene rings is 2. The standard InChI is InChI=1S/C33H45N5O2/c1-32(27-9-7-5-3-4-6-8-10-27)28-23-26(15-16-29(28)36(2)35-32)24-11-13-25(14-12-24)30(39)37-19-21-38(22-20-37)31(40)33(34)17-18-33/h11-16,23,27,35H,3-10,17-22,34H2,1-2H3. The number of piperazine rings is 1. The summed E-state index contributed by atoms with van der Waals surface area (Å²) in [4.78, 5) is 29.5. The van der Waals surface area contributed by atoms with Crippen molar-refractivity contribution in [1.29, 1.82) is 0 Å². The highest BCUT2D eigenvalue weighted by Crippen LogP contribution is 2.46. The van der Waals surface area contributed by atoms with Gasteiger partial charge < -0.3 is 20.5 Å². The van der Waals surface area contributed by atoms with E-state index in [9.17, 15) is 9.59 Å². The smallest absolute Gasteiger partial charge is 0.253 e. The van der Waals surface area contributed by atoms with E-state index >= 15 is 0 Å². The Morgan fingerprint density at radius 2 is 1.40 bits per heavy atom. The molecule has 1 unspecified atom stereocenters. The largest absolute Gasteiger partial charge is 0.338 e. The first-order valence-electron chi connectivity index (χ1n) is 15.4. The van der Waals surface area contributed by atoms with Crippen molar-refractivity contribution in [2.75, 3.05) is 38.2 Å². The molecule has 3 N–H and O–H groups in total. The molecule has 7 nitrogen and oxygen atoms in total. The lowest BCUT2D eigenvalue weighted by molar-refractivity contribution is -0.135. The molecule has 0 bridgehead atoms. The van der Waals surface area contributed by atoms with Gasteiger partial charge in [-0.2, -0.15) is 0 Å². The van der Waals surface area contributed by atoms with Gasteiger partial charge in [0, 0.05) is 38.8 Å². The van der Waals surface area contributed by atoms with Crippen molar-refractivity contribution >= 4 is 17.5 Å². The van der Waals surface area contributed by atoms with Crippen LogP contribution >= 0.6 is 0 Å². The fraction of sp³-hybridized carbons (Fsp3) is 0.576. The highest BCUT2D eigenvalue weighted by Gasteiger charge is 2.48.